The monoisotopic (exact) mass is 401 g/mol. The molecule has 0 aliphatic rings. The van der Waals surface area contributed by atoms with Gasteiger partial charge in [0.2, 0.25) is 0 Å². The van der Waals surface area contributed by atoms with Crippen LogP contribution in [0.5, 0.6) is 0 Å². The molecule has 0 bridgehead atoms. The fourth-order valence-corrected chi connectivity index (χ4v) is 3.07. The number of benzene rings is 2. The zero-order chi connectivity index (χ0) is 20.9. The lowest BCUT2D eigenvalue weighted by atomic mass is 10.1. The first-order chi connectivity index (χ1) is 14.6. The molecule has 0 saturated carbocycles. The molecule has 2 aromatic carbocycles. The van der Waals surface area contributed by atoms with Gasteiger partial charge in [-0.1, -0.05) is 48.5 Å². The molecule has 0 fully saturated rings. The van der Waals surface area contributed by atoms with Crippen LogP contribution in [0.2, 0.25) is 0 Å². The maximum Gasteiger partial charge on any atom is 0.325 e. The van der Waals surface area contributed by atoms with Gasteiger partial charge < -0.3 is 10.4 Å². The highest BCUT2D eigenvalue weighted by atomic mass is 16.4. The highest BCUT2D eigenvalue weighted by molar-refractivity contribution is 5.92. The Labute approximate surface area is 172 Å². The summed E-state index contributed by atoms with van der Waals surface area (Å²) in [6.45, 7) is -0.0447. The predicted molar refractivity (Wildman–Crippen MR) is 110 cm³/mol. The van der Waals surface area contributed by atoms with Crippen LogP contribution in [0.4, 0.5) is 0 Å². The first kappa shape index (κ1) is 19.1. The molecule has 0 unspecified atom stereocenters. The quantitative estimate of drug-likeness (QED) is 0.496. The average Bonchev–Trinajstić information content (AvgIpc) is 3.40. The summed E-state index contributed by atoms with van der Waals surface area (Å²) in [6.07, 6.45) is 3.35. The van der Waals surface area contributed by atoms with E-state index in [0.29, 0.717) is 0 Å². The number of nitrogens with zero attached hydrogens (tertiary/aromatic N) is 4. The van der Waals surface area contributed by atoms with Crippen molar-refractivity contribution >= 4 is 11.9 Å². The Kier molecular flexibility index (Phi) is 5.38. The van der Waals surface area contributed by atoms with E-state index in [0.717, 1.165) is 22.5 Å². The molecule has 150 valence electrons. The number of para-hydroxylation sites is 1. The largest absolute Gasteiger partial charge is 0.480 e. The maximum atomic E-state index is 12.5. The van der Waals surface area contributed by atoms with Crippen LogP contribution < -0.4 is 5.32 Å². The molecule has 1 amide bonds. The minimum absolute atomic E-state index is 0.160. The van der Waals surface area contributed by atoms with Gasteiger partial charge in [0, 0.05) is 30.1 Å². The van der Waals surface area contributed by atoms with Crippen LogP contribution in [-0.4, -0.2) is 36.5 Å². The summed E-state index contributed by atoms with van der Waals surface area (Å²) in [7, 11) is 0. The molecule has 2 N–H and O–H groups in total. The summed E-state index contributed by atoms with van der Waals surface area (Å²) < 4.78 is 2.99. The minimum atomic E-state index is -1.02. The summed E-state index contributed by atoms with van der Waals surface area (Å²) >= 11 is 0. The van der Waals surface area contributed by atoms with Crippen molar-refractivity contribution in [3.8, 4) is 16.9 Å². The Morgan fingerprint density at radius 2 is 1.63 bits per heavy atom. The highest BCUT2D eigenvalue weighted by Gasteiger charge is 2.15. The molecule has 8 heteroatoms. The Balaban J connectivity index is 1.57. The number of carbonyl (C=O) groups is 2. The lowest BCUT2D eigenvalue weighted by molar-refractivity contribution is -0.137. The molecular weight excluding hydrogens is 382 g/mol. The fourth-order valence-electron chi connectivity index (χ4n) is 3.07. The van der Waals surface area contributed by atoms with Gasteiger partial charge in [0.1, 0.15) is 12.2 Å². The first-order valence-corrected chi connectivity index (χ1v) is 9.33. The van der Waals surface area contributed by atoms with Crippen LogP contribution in [-0.2, 0) is 17.9 Å². The topological polar surface area (TPSA) is 102 Å². The lowest BCUT2D eigenvalue weighted by Gasteiger charge is -2.04. The third kappa shape index (κ3) is 4.27. The lowest BCUT2D eigenvalue weighted by Crippen LogP contribution is -2.23. The molecular formula is C22H19N5O3. The van der Waals surface area contributed by atoms with Crippen LogP contribution in [0.15, 0.2) is 79.1 Å². The second-order valence-electron chi connectivity index (χ2n) is 6.62. The number of rotatable bonds is 7. The van der Waals surface area contributed by atoms with E-state index >= 15 is 0 Å². The number of hydrogen-bond donors (Lipinski definition) is 2. The summed E-state index contributed by atoms with van der Waals surface area (Å²) in [5.41, 5.74) is 3.65. The zero-order valence-electron chi connectivity index (χ0n) is 16.0. The van der Waals surface area contributed by atoms with Crippen molar-refractivity contribution < 1.29 is 14.7 Å². The number of amides is 1. The van der Waals surface area contributed by atoms with E-state index in [1.807, 2.05) is 66.9 Å². The van der Waals surface area contributed by atoms with Crippen LogP contribution in [0.25, 0.3) is 16.9 Å². The number of nitrogens with one attached hydrogen (secondary N) is 1. The number of carbonyl (C=O) groups excluding carboxylic acids is 1. The van der Waals surface area contributed by atoms with Gasteiger partial charge in [0.05, 0.1) is 11.4 Å². The fraction of sp³-hybridized carbons (Fsp3) is 0.0909. The molecule has 4 aromatic rings. The Hall–Kier alpha value is -4.20. The normalized spacial score (nSPS) is 10.7. The number of aliphatic carboxylic acids is 1. The standard InChI is InChI=1S/C22H19N5O3/c28-20(29)15-26-12-11-19(24-26)22(30)23-13-17-14-27(18-9-5-2-6-10-18)25-21(17)16-7-3-1-4-8-16/h1-12,14H,13,15H2,(H,23,30)(H,28,29). The van der Waals surface area contributed by atoms with Gasteiger partial charge in [-0.3, -0.25) is 14.3 Å². The van der Waals surface area contributed by atoms with E-state index in [-0.39, 0.29) is 24.7 Å². The number of carboxylic acids is 1. The molecule has 0 spiro atoms. The summed E-state index contributed by atoms with van der Waals surface area (Å²) in [6, 6.07) is 21.0. The van der Waals surface area contributed by atoms with Crippen molar-refractivity contribution in [1.82, 2.24) is 24.9 Å². The van der Waals surface area contributed by atoms with Gasteiger partial charge in [-0.05, 0) is 18.2 Å². The van der Waals surface area contributed by atoms with Gasteiger partial charge in [0.15, 0.2) is 0 Å². The minimum Gasteiger partial charge on any atom is -0.480 e. The second-order valence-corrected chi connectivity index (χ2v) is 6.62. The number of aromatic nitrogens is 4. The Morgan fingerprint density at radius 1 is 0.933 bits per heavy atom. The van der Waals surface area contributed by atoms with Gasteiger partial charge in [-0.25, -0.2) is 4.68 Å². The summed E-state index contributed by atoms with van der Waals surface area (Å²) in [5, 5.41) is 20.4. The van der Waals surface area contributed by atoms with Crippen molar-refractivity contribution in [3.63, 3.8) is 0 Å². The molecule has 2 aromatic heterocycles. The molecule has 4 rings (SSSR count). The first-order valence-electron chi connectivity index (χ1n) is 9.33. The number of hydrogen-bond acceptors (Lipinski definition) is 4. The third-order valence-electron chi connectivity index (χ3n) is 4.47. The average molecular weight is 401 g/mol. The van der Waals surface area contributed by atoms with E-state index in [4.69, 9.17) is 10.2 Å². The van der Waals surface area contributed by atoms with E-state index in [1.54, 1.807) is 4.68 Å². The third-order valence-corrected chi connectivity index (χ3v) is 4.47. The van der Waals surface area contributed by atoms with Gasteiger partial charge in [-0.15, -0.1) is 0 Å². The molecule has 8 nitrogen and oxygen atoms in total. The van der Waals surface area contributed by atoms with Crippen molar-refractivity contribution in [3.05, 3.63) is 90.4 Å². The molecule has 30 heavy (non-hydrogen) atoms. The van der Waals surface area contributed by atoms with Crippen LogP contribution in [0, 0.1) is 0 Å². The van der Waals surface area contributed by atoms with E-state index in [9.17, 15) is 9.59 Å². The molecule has 2 heterocycles. The zero-order valence-corrected chi connectivity index (χ0v) is 16.0. The van der Waals surface area contributed by atoms with Crippen molar-refractivity contribution in [2.45, 2.75) is 13.1 Å². The van der Waals surface area contributed by atoms with Gasteiger partial charge in [-0.2, -0.15) is 10.2 Å². The maximum absolute atomic E-state index is 12.5. The van der Waals surface area contributed by atoms with E-state index in [2.05, 4.69) is 10.4 Å². The van der Waals surface area contributed by atoms with Crippen LogP contribution in [0.1, 0.15) is 16.1 Å². The molecule has 0 aliphatic heterocycles. The van der Waals surface area contributed by atoms with Crippen molar-refractivity contribution in [1.29, 1.82) is 0 Å². The van der Waals surface area contributed by atoms with E-state index < -0.39 is 5.97 Å². The summed E-state index contributed by atoms with van der Waals surface area (Å²) in [5.74, 6) is -1.41. The Morgan fingerprint density at radius 3 is 2.33 bits per heavy atom. The highest BCUT2D eigenvalue weighted by Crippen LogP contribution is 2.23. The van der Waals surface area contributed by atoms with Crippen LogP contribution in [0.3, 0.4) is 0 Å². The van der Waals surface area contributed by atoms with Crippen molar-refractivity contribution in [2.24, 2.45) is 0 Å². The summed E-state index contributed by atoms with van der Waals surface area (Å²) in [4.78, 5) is 23.3. The predicted octanol–water partition coefficient (Wildman–Crippen LogP) is 2.75. The Bertz CT molecular complexity index is 1170. The smallest absolute Gasteiger partial charge is 0.325 e. The van der Waals surface area contributed by atoms with Crippen LogP contribution >= 0.6 is 0 Å². The second kappa shape index (κ2) is 8.44. The van der Waals surface area contributed by atoms with Gasteiger partial charge in [0.25, 0.3) is 5.91 Å². The van der Waals surface area contributed by atoms with Crippen molar-refractivity contribution in [2.75, 3.05) is 0 Å². The van der Waals surface area contributed by atoms with Gasteiger partial charge >= 0.3 is 5.97 Å². The van der Waals surface area contributed by atoms with E-state index in [1.165, 1.54) is 16.9 Å². The molecule has 0 saturated heterocycles. The SMILES string of the molecule is O=C(O)Cn1ccc(C(=O)NCc2cn(-c3ccccc3)nc2-c2ccccc2)n1. The molecule has 0 atom stereocenters. The molecule has 0 aliphatic carbocycles. The number of carboxylic acid groups (broad SMARTS) is 1. The molecule has 0 radical (unpaired) electrons.